The second-order valence-corrected chi connectivity index (χ2v) is 5.90. The van der Waals surface area contributed by atoms with Crippen molar-refractivity contribution in [2.24, 2.45) is 22.6 Å². The molecule has 0 spiro atoms. The zero-order chi connectivity index (χ0) is 13.4. The molecule has 106 valence electrons. The van der Waals surface area contributed by atoms with E-state index in [9.17, 15) is 0 Å². The Morgan fingerprint density at radius 3 is 2.67 bits per heavy atom. The number of guanidine groups is 1. The highest BCUT2D eigenvalue weighted by molar-refractivity contribution is 5.77. The molecule has 0 aromatic heterocycles. The molecule has 1 rings (SSSR count). The van der Waals surface area contributed by atoms with Crippen LogP contribution in [0.1, 0.15) is 40.0 Å². The first-order chi connectivity index (χ1) is 8.58. The van der Waals surface area contributed by atoms with Crippen molar-refractivity contribution in [2.45, 2.75) is 40.0 Å². The summed E-state index contributed by atoms with van der Waals surface area (Å²) in [4.78, 5) is 6.83. The van der Waals surface area contributed by atoms with Crippen molar-refractivity contribution < 1.29 is 0 Å². The van der Waals surface area contributed by atoms with Crippen molar-refractivity contribution in [1.29, 1.82) is 0 Å². The third-order valence-electron chi connectivity index (χ3n) is 3.60. The molecular formula is C14H30N4. The van der Waals surface area contributed by atoms with Crippen molar-refractivity contribution in [3.63, 3.8) is 0 Å². The summed E-state index contributed by atoms with van der Waals surface area (Å²) in [5, 5.41) is 3.20. The first kappa shape index (κ1) is 15.3. The summed E-state index contributed by atoms with van der Waals surface area (Å²) in [5.74, 6) is 2.19. The van der Waals surface area contributed by atoms with E-state index in [2.05, 4.69) is 36.0 Å². The van der Waals surface area contributed by atoms with Crippen LogP contribution in [0.4, 0.5) is 0 Å². The number of nitrogens with zero attached hydrogens (tertiary/aromatic N) is 2. The smallest absolute Gasteiger partial charge is 0.188 e. The quantitative estimate of drug-likeness (QED) is 0.560. The Kier molecular flexibility index (Phi) is 7.09. The lowest BCUT2D eigenvalue weighted by Crippen LogP contribution is -2.41. The van der Waals surface area contributed by atoms with Crippen molar-refractivity contribution >= 4 is 5.96 Å². The molecule has 1 saturated heterocycles. The summed E-state index contributed by atoms with van der Waals surface area (Å²) >= 11 is 0. The summed E-state index contributed by atoms with van der Waals surface area (Å²) in [6.45, 7) is 12.0. The van der Waals surface area contributed by atoms with Crippen LogP contribution in [-0.4, -0.2) is 43.6 Å². The number of hydrogen-bond donors (Lipinski definition) is 2. The van der Waals surface area contributed by atoms with Gasteiger partial charge in [-0.25, -0.2) is 0 Å². The van der Waals surface area contributed by atoms with Crippen LogP contribution in [0, 0.1) is 11.8 Å². The Labute approximate surface area is 112 Å². The first-order valence-corrected chi connectivity index (χ1v) is 7.34. The lowest BCUT2D eigenvalue weighted by Gasteiger charge is -2.30. The molecule has 18 heavy (non-hydrogen) atoms. The minimum atomic E-state index is 0.598. The summed E-state index contributed by atoms with van der Waals surface area (Å²) in [7, 11) is 0. The summed E-state index contributed by atoms with van der Waals surface area (Å²) in [5.41, 5.74) is 5.82. The number of piperidine rings is 1. The van der Waals surface area contributed by atoms with Crippen LogP contribution in [0.5, 0.6) is 0 Å². The van der Waals surface area contributed by atoms with E-state index in [0.29, 0.717) is 11.9 Å². The van der Waals surface area contributed by atoms with Gasteiger partial charge in [-0.1, -0.05) is 20.8 Å². The predicted molar refractivity (Wildman–Crippen MR) is 78.8 cm³/mol. The lowest BCUT2D eigenvalue weighted by molar-refractivity contribution is 0.195. The number of aliphatic imine (C=N–C) groups is 1. The minimum absolute atomic E-state index is 0.598. The molecule has 0 aromatic carbocycles. The Morgan fingerprint density at radius 1 is 1.39 bits per heavy atom. The molecule has 0 saturated carbocycles. The van der Waals surface area contributed by atoms with Gasteiger partial charge in [0.15, 0.2) is 5.96 Å². The lowest BCUT2D eigenvalue weighted by atomic mass is 9.99. The van der Waals surface area contributed by atoms with E-state index in [1.807, 2.05) is 0 Å². The Morgan fingerprint density at radius 2 is 2.06 bits per heavy atom. The molecular weight excluding hydrogens is 224 g/mol. The van der Waals surface area contributed by atoms with Gasteiger partial charge in [-0.05, 0) is 44.2 Å². The monoisotopic (exact) mass is 254 g/mol. The van der Waals surface area contributed by atoms with E-state index >= 15 is 0 Å². The van der Waals surface area contributed by atoms with Gasteiger partial charge in [0.25, 0.3) is 0 Å². The summed E-state index contributed by atoms with van der Waals surface area (Å²) in [6, 6.07) is 0. The first-order valence-electron chi connectivity index (χ1n) is 7.34. The third kappa shape index (κ3) is 6.84. The van der Waals surface area contributed by atoms with E-state index in [0.717, 1.165) is 32.0 Å². The SMILES string of the molecule is CC(C)CCN=C(N)NCCN1CCC(C)CC1. The highest BCUT2D eigenvalue weighted by Crippen LogP contribution is 2.14. The number of hydrogen-bond acceptors (Lipinski definition) is 2. The van der Waals surface area contributed by atoms with E-state index in [4.69, 9.17) is 5.73 Å². The fourth-order valence-corrected chi connectivity index (χ4v) is 2.13. The number of rotatable bonds is 6. The maximum atomic E-state index is 5.82. The molecule has 1 fully saturated rings. The average molecular weight is 254 g/mol. The van der Waals surface area contributed by atoms with Gasteiger partial charge >= 0.3 is 0 Å². The van der Waals surface area contributed by atoms with E-state index in [1.165, 1.54) is 25.9 Å². The highest BCUT2D eigenvalue weighted by Gasteiger charge is 2.14. The fourth-order valence-electron chi connectivity index (χ4n) is 2.13. The summed E-state index contributed by atoms with van der Waals surface area (Å²) < 4.78 is 0. The van der Waals surface area contributed by atoms with E-state index in [-0.39, 0.29) is 0 Å². The van der Waals surface area contributed by atoms with Crippen LogP contribution in [0.3, 0.4) is 0 Å². The molecule has 3 N–H and O–H groups in total. The topological polar surface area (TPSA) is 53.6 Å². The predicted octanol–water partition coefficient (Wildman–Crippen LogP) is 1.67. The molecule has 0 unspecified atom stereocenters. The van der Waals surface area contributed by atoms with Gasteiger partial charge in [-0.2, -0.15) is 0 Å². The Hall–Kier alpha value is -0.770. The maximum Gasteiger partial charge on any atom is 0.188 e. The van der Waals surface area contributed by atoms with Crippen molar-refractivity contribution in [1.82, 2.24) is 10.2 Å². The van der Waals surface area contributed by atoms with Crippen LogP contribution in [-0.2, 0) is 0 Å². The number of nitrogens with one attached hydrogen (secondary N) is 1. The standard InChI is InChI=1S/C14H30N4/c1-12(2)4-7-16-14(15)17-8-11-18-9-5-13(3)6-10-18/h12-13H,4-11H2,1-3H3,(H3,15,16,17). The maximum absolute atomic E-state index is 5.82. The largest absolute Gasteiger partial charge is 0.370 e. The minimum Gasteiger partial charge on any atom is -0.370 e. The van der Waals surface area contributed by atoms with Gasteiger partial charge in [0, 0.05) is 19.6 Å². The molecule has 1 heterocycles. The van der Waals surface area contributed by atoms with E-state index in [1.54, 1.807) is 0 Å². The third-order valence-corrected chi connectivity index (χ3v) is 3.60. The summed E-state index contributed by atoms with van der Waals surface area (Å²) in [6.07, 6.45) is 3.77. The number of nitrogens with two attached hydrogens (primary N) is 1. The molecule has 0 radical (unpaired) electrons. The van der Waals surface area contributed by atoms with Gasteiger partial charge in [-0.15, -0.1) is 0 Å². The van der Waals surface area contributed by atoms with Crippen LogP contribution < -0.4 is 11.1 Å². The van der Waals surface area contributed by atoms with Crippen molar-refractivity contribution in [3.05, 3.63) is 0 Å². The van der Waals surface area contributed by atoms with Gasteiger partial charge in [0.2, 0.25) is 0 Å². The molecule has 0 bridgehead atoms. The Bertz CT molecular complexity index is 242. The van der Waals surface area contributed by atoms with Gasteiger partial charge in [-0.3, -0.25) is 4.99 Å². The molecule has 1 aliphatic rings. The van der Waals surface area contributed by atoms with Gasteiger partial charge in [0.1, 0.15) is 0 Å². The van der Waals surface area contributed by atoms with Crippen molar-refractivity contribution in [2.75, 3.05) is 32.7 Å². The molecule has 0 amide bonds. The molecule has 4 nitrogen and oxygen atoms in total. The fraction of sp³-hybridized carbons (Fsp3) is 0.929. The molecule has 4 heteroatoms. The van der Waals surface area contributed by atoms with Crippen LogP contribution >= 0.6 is 0 Å². The van der Waals surface area contributed by atoms with Gasteiger partial charge in [0.05, 0.1) is 0 Å². The molecule has 0 aliphatic carbocycles. The van der Waals surface area contributed by atoms with Crippen molar-refractivity contribution in [3.8, 4) is 0 Å². The average Bonchev–Trinajstić information content (AvgIpc) is 2.31. The zero-order valence-electron chi connectivity index (χ0n) is 12.3. The van der Waals surface area contributed by atoms with E-state index < -0.39 is 0 Å². The molecule has 0 aromatic rings. The second kappa shape index (κ2) is 8.35. The second-order valence-electron chi connectivity index (χ2n) is 5.90. The van der Waals surface area contributed by atoms with Crippen LogP contribution in [0.2, 0.25) is 0 Å². The number of likely N-dealkylation sites (tertiary alicyclic amines) is 1. The van der Waals surface area contributed by atoms with Crippen LogP contribution in [0.25, 0.3) is 0 Å². The van der Waals surface area contributed by atoms with Crippen LogP contribution in [0.15, 0.2) is 4.99 Å². The highest BCUT2D eigenvalue weighted by atomic mass is 15.2. The molecule has 0 atom stereocenters. The van der Waals surface area contributed by atoms with Gasteiger partial charge < -0.3 is 16.0 Å². The Balaban J connectivity index is 2.06. The normalized spacial score (nSPS) is 19.4. The zero-order valence-corrected chi connectivity index (χ0v) is 12.3. The molecule has 1 aliphatic heterocycles.